The van der Waals surface area contributed by atoms with Crippen molar-refractivity contribution < 1.29 is 14.3 Å². The quantitative estimate of drug-likeness (QED) is 0.763. The number of rotatable bonds is 6. The van der Waals surface area contributed by atoms with Crippen LogP contribution in [-0.2, 0) is 20.9 Å². The van der Waals surface area contributed by atoms with Gasteiger partial charge in [-0.1, -0.05) is 0 Å². The van der Waals surface area contributed by atoms with Crippen molar-refractivity contribution in [3.63, 3.8) is 0 Å². The minimum Gasteiger partial charge on any atom is -0.379 e. The van der Waals surface area contributed by atoms with Crippen LogP contribution in [0, 0.1) is 0 Å². The number of amides is 2. The number of carbonyl (C=O) groups is 2. The summed E-state index contributed by atoms with van der Waals surface area (Å²) in [7, 11) is 0. The van der Waals surface area contributed by atoms with E-state index in [1.807, 2.05) is 16.3 Å². The molecule has 0 aromatic carbocycles. The minimum absolute atomic E-state index is 0.0226. The van der Waals surface area contributed by atoms with E-state index in [0.29, 0.717) is 25.9 Å². The molecular weight excluding hydrogens is 394 g/mol. The Kier molecular flexibility index (Phi) is 6.26. The summed E-state index contributed by atoms with van der Waals surface area (Å²) >= 11 is 5.18. The van der Waals surface area contributed by atoms with Gasteiger partial charge in [-0.25, -0.2) is 0 Å². The Labute approximate surface area is 154 Å². The lowest BCUT2D eigenvalue weighted by Crippen LogP contribution is -2.48. The number of ether oxygens (including phenoxy) is 1. The molecular formula is C16H22BrN3O3S. The smallest absolute Gasteiger partial charge is 0.245 e. The van der Waals surface area contributed by atoms with Crippen LogP contribution in [0.25, 0.3) is 0 Å². The fourth-order valence-corrected chi connectivity index (χ4v) is 4.48. The molecule has 2 aliphatic heterocycles. The van der Waals surface area contributed by atoms with Crippen molar-refractivity contribution >= 4 is 39.1 Å². The average molecular weight is 416 g/mol. The molecule has 1 N–H and O–H groups in total. The molecule has 0 spiro atoms. The van der Waals surface area contributed by atoms with Gasteiger partial charge >= 0.3 is 0 Å². The second kappa shape index (κ2) is 8.42. The first-order chi connectivity index (χ1) is 11.6. The van der Waals surface area contributed by atoms with E-state index in [2.05, 4.69) is 26.1 Å². The first-order valence-corrected chi connectivity index (χ1v) is 9.91. The largest absolute Gasteiger partial charge is 0.379 e. The van der Waals surface area contributed by atoms with Crippen molar-refractivity contribution in [2.24, 2.45) is 0 Å². The lowest BCUT2D eigenvalue weighted by Gasteiger charge is -2.31. The fraction of sp³-hybridized carbons (Fsp3) is 0.625. The molecule has 0 saturated carbocycles. The first-order valence-electron chi connectivity index (χ1n) is 8.23. The Morgan fingerprint density at radius 3 is 2.88 bits per heavy atom. The Morgan fingerprint density at radius 1 is 1.46 bits per heavy atom. The van der Waals surface area contributed by atoms with Crippen LogP contribution in [-0.4, -0.2) is 67.0 Å². The van der Waals surface area contributed by atoms with E-state index < -0.39 is 0 Å². The van der Waals surface area contributed by atoms with Gasteiger partial charge in [0.25, 0.3) is 0 Å². The molecule has 2 amide bonds. The molecule has 3 heterocycles. The van der Waals surface area contributed by atoms with Crippen LogP contribution in [0.2, 0.25) is 0 Å². The molecule has 1 unspecified atom stereocenters. The molecule has 1 aromatic heterocycles. The predicted octanol–water partition coefficient (Wildman–Crippen LogP) is 1.45. The molecule has 2 saturated heterocycles. The average Bonchev–Trinajstić information content (AvgIpc) is 3.20. The molecule has 24 heavy (non-hydrogen) atoms. The second-order valence-corrected chi connectivity index (χ2v) is 7.92. The van der Waals surface area contributed by atoms with Crippen LogP contribution < -0.4 is 5.32 Å². The van der Waals surface area contributed by atoms with Crippen molar-refractivity contribution in [3.8, 4) is 0 Å². The molecule has 6 nitrogen and oxygen atoms in total. The zero-order valence-corrected chi connectivity index (χ0v) is 15.9. The molecule has 1 aromatic rings. The predicted molar refractivity (Wildman–Crippen MR) is 95.9 cm³/mol. The Morgan fingerprint density at radius 2 is 2.25 bits per heavy atom. The molecule has 0 radical (unpaired) electrons. The third-order valence-electron chi connectivity index (χ3n) is 4.42. The van der Waals surface area contributed by atoms with Gasteiger partial charge in [0.15, 0.2) is 0 Å². The summed E-state index contributed by atoms with van der Waals surface area (Å²) in [6, 6.07) is 1.63. The highest BCUT2D eigenvalue weighted by molar-refractivity contribution is 9.10. The van der Waals surface area contributed by atoms with Crippen LogP contribution in [0.15, 0.2) is 15.9 Å². The molecule has 1 atom stereocenters. The highest BCUT2D eigenvalue weighted by Crippen LogP contribution is 2.25. The van der Waals surface area contributed by atoms with E-state index in [1.54, 1.807) is 11.3 Å². The molecule has 0 aliphatic carbocycles. The second-order valence-electron chi connectivity index (χ2n) is 6.06. The lowest BCUT2D eigenvalue weighted by molar-refractivity contribution is -0.135. The van der Waals surface area contributed by atoms with Crippen molar-refractivity contribution in [2.45, 2.75) is 25.4 Å². The zero-order valence-electron chi connectivity index (χ0n) is 13.5. The number of halogens is 1. The highest BCUT2D eigenvalue weighted by Gasteiger charge is 2.31. The molecule has 3 rings (SSSR count). The summed E-state index contributed by atoms with van der Waals surface area (Å²) in [6.45, 7) is 5.39. The number of carbonyl (C=O) groups excluding carboxylic acids is 2. The molecule has 0 bridgehead atoms. The van der Waals surface area contributed by atoms with Crippen LogP contribution in [0.4, 0.5) is 0 Å². The van der Waals surface area contributed by atoms with Gasteiger partial charge in [0, 0.05) is 41.9 Å². The monoisotopic (exact) mass is 415 g/mol. The maximum atomic E-state index is 12.9. The Balaban J connectivity index is 1.64. The maximum absolute atomic E-state index is 12.9. The van der Waals surface area contributed by atoms with Crippen molar-refractivity contribution in [2.75, 3.05) is 39.4 Å². The minimum atomic E-state index is -0.374. The third-order valence-corrected chi connectivity index (χ3v) is 6.33. The zero-order chi connectivity index (χ0) is 16.9. The number of nitrogens with one attached hydrogen (secondary N) is 1. The Hall–Kier alpha value is -0.960. The van der Waals surface area contributed by atoms with Gasteiger partial charge in [0.2, 0.25) is 11.8 Å². The normalized spacial score (nSPS) is 21.7. The van der Waals surface area contributed by atoms with E-state index >= 15 is 0 Å². The van der Waals surface area contributed by atoms with Gasteiger partial charge in [-0.05, 0) is 33.8 Å². The van der Waals surface area contributed by atoms with Gasteiger partial charge < -0.3 is 15.0 Å². The summed E-state index contributed by atoms with van der Waals surface area (Å²) in [5.41, 5.74) is 0. The summed E-state index contributed by atoms with van der Waals surface area (Å²) in [5.74, 6) is -0.00630. The van der Waals surface area contributed by atoms with Gasteiger partial charge in [0.1, 0.15) is 6.04 Å². The van der Waals surface area contributed by atoms with E-state index in [4.69, 9.17) is 4.74 Å². The Bertz CT molecular complexity index is 589. The van der Waals surface area contributed by atoms with Gasteiger partial charge in [-0.3, -0.25) is 14.5 Å². The third kappa shape index (κ3) is 4.56. The SMILES string of the molecule is O=C1CCC(C(=O)N(CCN2CCOCC2)Cc2sccc2Br)N1. The van der Waals surface area contributed by atoms with Crippen LogP contribution >= 0.6 is 27.3 Å². The first kappa shape index (κ1) is 17.8. The van der Waals surface area contributed by atoms with E-state index in [0.717, 1.165) is 42.2 Å². The van der Waals surface area contributed by atoms with Crippen LogP contribution in [0.5, 0.6) is 0 Å². The maximum Gasteiger partial charge on any atom is 0.245 e. The number of nitrogens with zero attached hydrogens (tertiary/aromatic N) is 2. The van der Waals surface area contributed by atoms with Crippen LogP contribution in [0.3, 0.4) is 0 Å². The molecule has 2 fully saturated rings. The number of thiophene rings is 1. The van der Waals surface area contributed by atoms with Gasteiger partial charge in [0.05, 0.1) is 19.8 Å². The van der Waals surface area contributed by atoms with Gasteiger partial charge in [-0.15, -0.1) is 11.3 Å². The number of morpholine rings is 1. The van der Waals surface area contributed by atoms with Crippen LogP contribution in [0.1, 0.15) is 17.7 Å². The van der Waals surface area contributed by atoms with Crippen molar-refractivity contribution in [1.29, 1.82) is 0 Å². The van der Waals surface area contributed by atoms with Crippen molar-refractivity contribution in [1.82, 2.24) is 15.1 Å². The van der Waals surface area contributed by atoms with E-state index in [9.17, 15) is 9.59 Å². The molecule has 2 aliphatic rings. The van der Waals surface area contributed by atoms with E-state index in [-0.39, 0.29) is 17.9 Å². The molecule has 8 heteroatoms. The lowest BCUT2D eigenvalue weighted by atomic mass is 10.2. The summed E-state index contributed by atoms with van der Waals surface area (Å²) < 4.78 is 6.41. The summed E-state index contributed by atoms with van der Waals surface area (Å²) in [5, 5.41) is 4.81. The number of hydrogen-bond donors (Lipinski definition) is 1. The summed E-state index contributed by atoms with van der Waals surface area (Å²) in [6.07, 6.45) is 1.04. The summed E-state index contributed by atoms with van der Waals surface area (Å²) in [4.78, 5) is 29.6. The molecule has 132 valence electrons. The number of hydrogen-bond acceptors (Lipinski definition) is 5. The fourth-order valence-electron chi connectivity index (χ4n) is 2.99. The topological polar surface area (TPSA) is 61.9 Å². The van der Waals surface area contributed by atoms with Gasteiger partial charge in [-0.2, -0.15) is 0 Å². The van der Waals surface area contributed by atoms with E-state index in [1.165, 1.54) is 0 Å². The highest BCUT2D eigenvalue weighted by atomic mass is 79.9. The van der Waals surface area contributed by atoms with Crippen molar-refractivity contribution in [3.05, 3.63) is 20.8 Å². The standard InChI is InChI=1S/C16H22BrN3O3S/c17-12-3-10-24-14(12)11-20(5-4-19-6-8-23-9-7-19)16(22)13-1-2-15(21)18-13/h3,10,13H,1-2,4-9,11H2,(H,18,21).